The molecule has 2 aromatic carbocycles. The summed E-state index contributed by atoms with van der Waals surface area (Å²) in [6, 6.07) is 13.5. The van der Waals surface area contributed by atoms with E-state index in [-0.39, 0.29) is 17.9 Å². The van der Waals surface area contributed by atoms with Crippen molar-refractivity contribution < 1.29 is 19.4 Å². The molecule has 10 heteroatoms. The van der Waals surface area contributed by atoms with Crippen LogP contribution >= 0.6 is 0 Å². The Hall–Kier alpha value is -4.73. The van der Waals surface area contributed by atoms with Gasteiger partial charge in [0.05, 0.1) is 16.9 Å². The molecular formula is C31H32N6O4. The van der Waals surface area contributed by atoms with E-state index in [2.05, 4.69) is 20.6 Å². The molecule has 1 saturated carbocycles. The minimum Gasteiger partial charge on any atom is -0.465 e. The van der Waals surface area contributed by atoms with Crippen molar-refractivity contribution in [2.24, 2.45) is 5.92 Å². The number of pyridine rings is 1. The van der Waals surface area contributed by atoms with E-state index >= 15 is 0 Å². The number of nitrogens with one attached hydrogen (secondary N) is 2. The van der Waals surface area contributed by atoms with Crippen molar-refractivity contribution in [1.82, 2.24) is 19.9 Å². The van der Waals surface area contributed by atoms with Crippen molar-refractivity contribution in [1.29, 1.82) is 0 Å². The van der Waals surface area contributed by atoms with Gasteiger partial charge in [0.15, 0.2) is 0 Å². The molecule has 4 aromatic rings. The summed E-state index contributed by atoms with van der Waals surface area (Å²) in [7, 11) is 0. The number of amides is 2. The number of hydrogen-bond donors (Lipinski definition) is 3. The summed E-state index contributed by atoms with van der Waals surface area (Å²) in [5.74, 6) is 1.64. The zero-order valence-electron chi connectivity index (χ0n) is 23.1. The van der Waals surface area contributed by atoms with Gasteiger partial charge in [0, 0.05) is 48.2 Å². The fraction of sp³-hybridized carbons (Fsp3) is 0.323. The van der Waals surface area contributed by atoms with Gasteiger partial charge in [0.2, 0.25) is 17.7 Å². The van der Waals surface area contributed by atoms with Gasteiger partial charge in [-0.15, -0.1) is 0 Å². The highest BCUT2D eigenvalue weighted by atomic mass is 16.5. The van der Waals surface area contributed by atoms with Gasteiger partial charge in [-0.05, 0) is 68.9 Å². The van der Waals surface area contributed by atoms with Crippen LogP contribution in [0.3, 0.4) is 0 Å². The lowest BCUT2D eigenvalue weighted by atomic mass is 10.0. The third-order valence-electron chi connectivity index (χ3n) is 7.68. The van der Waals surface area contributed by atoms with Crippen LogP contribution in [0.4, 0.5) is 16.4 Å². The van der Waals surface area contributed by atoms with Gasteiger partial charge >= 0.3 is 6.09 Å². The van der Waals surface area contributed by atoms with E-state index in [4.69, 9.17) is 9.72 Å². The number of anilines is 2. The van der Waals surface area contributed by atoms with Crippen molar-refractivity contribution in [2.75, 3.05) is 23.7 Å². The van der Waals surface area contributed by atoms with Crippen LogP contribution in [0.5, 0.6) is 11.6 Å². The number of carbonyl (C=O) groups is 2. The summed E-state index contributed by atoms with van der Waals surface area (Å²) in [4.78, 5) is 39.1. The summed E-state index contributed by atoms with van der Waals surface area (Å²) in [5, 5.41) is 17.6. The van der Waals surface area contributed by atoms with Crippen LogP contribution in [0.1, 0.15) is 36.8 Å². The largest absolute Gasteiger partial charge is 0.465 e. The molecule has 0 spiro atoms. The maximum absolute atomic E-state index is 12.6. The number of aromatic nitrogens is 3. The monoisotopic (exact) mass is 552 g/mol. The highest BCUT2D eigenvalue weighted by molar-refractivity contribution is 6.06. The van der Waals surface area contributed by atoms with E-state index in [1.165, 1.54) is 4.90 Å². The maximum Gasteiger partial charge on any atom is 0.407 e. The predicted octanol–water partition coefficient (Wildman–Crippen LogP) is 6.00. The molecule has 3 heterocycles. The Bertz CT molecular complexity index is 1640. The van der Waals surface area contributed by atoms with Gasteiger partial charge in [-0.1, -0.05) is 24.3 Å². The van der Waals surface area contributed by atoms with Gasteiger partial charge in [0.1, 0.15) is 5.75 Å². The number of fused-ring (bicyclic) bond motifs is 1. The van der Waals surface area contributed by atoms with Crippen LogP contribution in [-0.4, -0.2) is 56.1 Å². The quantitative estimate of drug-likeness (QED) is 0.254. The van der Waals surface area contributed by atoms with E-state index in [0.717, 1.165) is 53.3 Å². The lowest BCUT2D eigenvalue weighted by Gasteiger charge is -2.31. The Balaban J connectivity index is 1.30. The number of likely N-dealkylation sites (tertiary alicyclic amines) is 1. The molecule has 1 aliphatic heterocycles. The van der Waals surface area contributed by atoms with Gasteiger partial charge in [-0.2, -0.15) is 0 Å². The summed E-state index contributed by atoms with van der Waals surface area (Å²) in [6.45, 7) is 4.89. The molecule has 2 aromatic heterocycles. The van der Waals surface area contributed by atoms with Crippen molar-refractivity contribution >= 4 is 34.4 Å². The molecule has 210 valence electrons. The molecule has 0 radical (unpaired) electrons. The number of carbonyl (C=O) groups excluding carboxylic acids is 1. The smallest absolute Gasteiger partial charge is 0.407 e. The predicted molar refractivity (Wildman–Crippen MR) is 156 cm³/mol. The van der Waals surface area contributed by atoms with Crippen molar-refractivity contribution in [2.45, 2.75) is 45.6 Å². The molecule has 2 aliphatic rings. The molecule has 2 amide bonds. The Kier molecular flexibility index (Phi) is 7.13. The molecule has 6 rings (SSSR count). The van der Waals surface area contributed by atoms with E-state index in [1.54, 1.807) is 18.5 Å². The highest BCUT2D eigenvalue weighted by Crippen LogP contribution is 2.40. The number of aryl methyl sites for hydroxylation is 2. The third kappa shape index (κ3) is 5.63. The number of benzene rings is 2. The third-order valence-corrected chi connectivity index (χ3v) is 7.68. The first-order valence-corrected chi connectivity index (χ1v) is 13.9. The minimum absolute atomic E-state index is 0.0627. The lowest BCUT2D eigenvalue weighted by molar-refractivity contribution is -0.117. The van der Waals surface area contributed by atoms with E-state index < -0.39 is 6.09 Å². The van der Waals surface area contributed by atoms with Crippen LogP contribution in [-0.2, 0) is 4.79 Å². The van der Waals surface area contributed by atoms with Gasteiger partial charge < -0.3 is 25.4 Å². The van der Waals surface area contributed by atoms with Gasteiger partial charge in [-0.3, -0.25) is 4.79 Å². The molecule has 1 saturated heterocycles. The zero-order valence-corrected chi connectivity index (χ0v) is 23.1. The molecular weight excluding hydrogens is 520 g/mol. The molecule has 3 N–H and O–H groups in total. The summed E-state index contributed by atoms with van der Waals surface area (Å²) >= 11 is 0. The first kappa shape index (κ1) is 26.5. The summed E-state index contributed by atoms with van der Waals surface area (Å²) in [5.41, 5.74) is 4.05. The number of rotatable bonds is 7. The first-order valence-electron chi connectivity index (χ1n) is 13.9. The molecule has 2 fully saturated rings. The fourth-order valence-corrected chi connectivity index (χ4v) is 5.26. The number of piperidine rings is 1. The fourth-order valence-electron chi connectivity index (χ4n) is 5.26. The van der Waals surface area contributed by atoms with Gasteiger partial charge in [-0.25, -0.2) is 19.7 Å². The Morgan fingerprint density at radius 2 is 1.78 bits per heavy atom. The number of hydrogen-bond acceptors (Lipinski definition) is 7. The lowest BCUT2D eigenvalue weighted by Crippen LogP contribution is -2.44. The van der Waals surface area contributed by atoms with Crippen LogP contribution in [0.25, 0.3) is 22.0 Å². The van der Waals surface area contributed by atoms with Crippen molar-refractivity contribution in [3.05, 3.63) is 66.0 Å². The molecule has 1 aliphatic carbocycles. The second-order valence-electron chi connectivity index (χ2n) is 10.8. The van der Waals surface area contributed by atoms with Crippen LogP contribution in [0.2, 0.25) is 0 Å². The average Bonchev–Trinajstić information content (AvgIpc) is 3.82. The van der Waals surface area contributed by atoms with E-state index in [9.17, 15) is 14.7 Å². The highest BCUT2D eigenvalue weighted by Gasteiger charge is 2.30. The van der Waals surface area contributed by atoms with Gasteiger partial charge in [0.25, 0.3) is 0 Å². The second-order valence-corrected chi connectivity index (χ2v) is 10.8. The molecule has 10 nitrogen and oxygen atoms in total. The minimum atomic E-state index is -0.917. The zero-order chi connectivity index (χ0) is 28.5. The average molecular weight is 553 g/mol. The standard InChI is InChI=1S/C31H32N6O4/c1-18-7-12-23-22(26(18)36-28(38)20-9-10-20)11-8-19(2)27(23)41-29-24(6-3-14-32-29)25-13-15-33-30(35-25)34-21-5-4-16-37(17-21)31(39)40/h3,6-8,11-15,20-21H,4-5,9-10,16-17H2,1-2H3,(H,36,38)(H,39,40)(H,33,34,35). The van der Waals surface area contributed by atoms with Crippen LogP contribution in [0, 0.1) is 19.8 Å². The van der Waals surface area contributed by atoms with Crippen LogP contribution < -0.4 is 15.4 Å². The number of ether oxygens (including phenoxy) is 1. The normalized spacial score (nSPS) is 16.8. The van der Waals surface area contributed by atoms with Crippen LogP contribution in [0.15, 0.2) is 54.9 Å². The first-order chi connectivity index (χ1) is 19.9. The van der Waals surface area contributed by atoms with Crippen molar-refractivity contribution in [3.63, 3.8) is 0 Å². The molecule has 41 heavy (non-hydrogen) atoms. The van der Waals surface area contributed by atoms with Crippen molar-refractivity contribution in [3.8, 4) is 22.9 Å². The summed E-state index contributed by atoms with van der Waals surface area (Å²) < 4.78 is 6.52. The Morgan fingerprint density at radius 1 is 0.976 bits per heavy atom. The molecule has 1 unspecified atom stereocenters. The SMILES string of the molecule is Cc1ccc2c(Oc3ncccc3-c3ccnc(NC4CCCN(C(=O)O)C4)n3)c(C)ccc2c1NC(=O)C1CC1. The molecule has 1 atom stereocenters. The Morgan fingerprint density at radius 3 is 2.59 bits per heavy atom. The second kappa shape index (κ2) is 11.0. The summed E-state index contributed by atoms with van der Waals surface area (Å²) in [6.07, 6.45) is 5.91. The Labute approximate surface area is 237 Å². The van der Waals surface area contributed by atoms with E-state index in [0.29, 0.717) is 41.9 Å². The topological polar surface area (TPSA) is 130 Å². The maximum atomic E-state index is 12.6. The van der Waals surface area contributed by atoms with E-state index in [1.807, 2.05) is 50.2 Å². The number of nitrogens with zero attached hydrogens (tertiary/aromatic N) is 4. The number of carboxylic acid groups (broad SMARTS) is 1. The molecule has 0 bridgehead atoms.